The Labute approximate surface area is 143 Å². The van der Waals surface area contributed by atoms with Gasteiger partial charge in [-0.05, 0) is 68.9 Å². The summed E-state index contributed by atoms with van der Waals surface area (Å²) >= 11 is 1.81. The summed E-state index contributed by atoms with van der Waals surface area (Å²) in [7, 11) is 0. The van der Waals surface area contributed by atoms with E-state index in [4.69, 9.17) is 0 Å². The Kier molecular flexibility index (Phi) is 4.46. The number of hydrogen-bond acceptors (Lipinski definition) is 3. The highest BCUT2D eigenvalue weighted by Crippen LogP contribution is 2.34. The molecule has 0 bridgehead atoms. The number of nitrogens with zero attached hydrogens (tertiary/aromatic N) is 1. The summed E-state index contributed by atoms with van der Waals surface area (Å²) in [5, 5.41) is 5.82. The van der Waals surface area contributed by atoms with E-state index < -0.39 is 0 Å². The lowest BCUT2D eigenvalue weighted by atomic mass is 9.88. The third-order valence-corrected chi connectivity index (χ3v) is 6.86. The molecule has 1 unspecified atom stereocenters. The van der Waals surface area contributed by atoms with Gasteiger partial charge in [0.05, 0.1) is 5.56 Å². The second-order valence-corrected chi connectivity index (χ2v) is 8.78. The molecule has 126 valence electrons. The van der Waals surface area contributed by atoms with Crippen molar-refractivity contribution in [2.45, 2.75) is 57.9 Å². The number of thiophene rings is 1. The number of hydrogen-bond donors (Lipinski definition) is 1. The molecular formula is C19H28N2OS. The molecule has 1 amide bonds. The van der Waals surface area contributed by atoms with Crippen LogP contribution in [0.5, 0.6) is 0 Å². The molecule has 4 rings (SSSR count). The lowest BCUT2D eigenvalue weighted by molar-refractivity contribution is 0.0704. The highest BCUT2D eigenvalue weighted by atomic mass is 32.1. The van der Waals surface area contributed by atoms with E-state index >= 15 is 0 Å². The normalized spacial score (nSPS) is 25.4. The van der Waals surface area contributed by atoms with Gasteiger partial charge in [0.1, 0.15) is 0 Å². The molecule has 0 radical (unpaired) electrons. The molecule has 1 aliphatic heterocycles. The minimum atomic E-state index is 0.290. The lowest BCUT2D eigenvalue weighted by Crippen LogP contribution is -2.45. The van der Waals surface area contributed by atoms with Gasteiger partial charge in [0, 0.05) is 29.4 Å². The zero-order valence-corrected chi connectivity index (χ0v) is 15.0. The van der Waals surface area contributed by atoms with Crippen molar-refractivity contribution >= 4 is 17.2 Å². The second kappa shape index (κ2) is 6.56. The summed E-state index contributed by atoms with van der Waals surface area (Å²) in [5.41, 5.74) is 2.38. The summed E-state index contributed by atoms with van der Waals surface area (Å²) in [6.45, 7) is 5.35. The minimum Gasteiger partial charge on any atom is -0.338 e. The molecule has 0 spiro atoms. The molecule has 2 aliphatic carbocycles. The van der Waals surface area contributed by atoms with Crippen LogP contribution in [0.25, 0.3) is 0 Å². The fourth-order valence-electron chi connectivity index (χ4n) is 3.97. The number of nitrogens with one attached hydrogen (secondary N) is 1. The number of amides is 1. The largest absolute Gasteiger partial charge is 0.338 e. The predicted octanol–water partition coefficient (Wildman–Crippen LogP) is 3.48. The average molecular weight is 333 g/mol. The van der Waals surface area contributed by atoms with Gasteiger partial charge >= 0.3 is 0 Å². The van der Waals surface area contributed by atoms with E-state index in [1.807, 2.05) is 11.3 Å². The van der Waals surface area contributed by atoms with Gasteiger partial charge in [0.25, 0.3) is 5.91 Å². The third kappa shape index (κ3) is 3.48. The maximum Gasteiger partial charge on any atom is 0.254 e. The second-order valence-electron chi connectivity index (χ2n) is 7.82. The molecule has 0 aromatic carbocycles. The van der Waals surface area contributed by atoms with Crippen LogP contribution in [0.4, 0.5) is 0 Å². The number of fused-ring (bicyclic) bond motifs is 1. The van der Waals surface area contributed by atoms with E-state index in [-0.39, 0.29) is 5.91 Å². The first-order valence-electron chi connectivity index (χ1n) is 9.32. The Morgan fingerprint density at radius 1 is 1.26 bits per heavy atom. The minimum absolute atomic E-state index is 0.290. The molecule has 1 aromatic heterocycles. The Morgan fingerprint density at radius 3 is 2.78 bits per heavy atom. The van der Waals surface area contributed by atoms with E-state index in [0.29, 0.717) is 6.04 Å². The number of piperidine rings is 1. The molecule has 1 saturated carbocycles. The monoisotopic (exact) mass is 332 g/mol. The molecule has 3 nitrogen and oxygen atoms in total. The molecule has 23 heavy (non-hydrogen) atoms. The van der Waals surface area contributed by atoms with Crippen LogP contribution in [0, 0.1) is 11.8 Å². The number of likely N-dealkylation sites (tertiary alicyclic amines) is 1. The molecule has 1 aromatic rings. The van der Waals surface area contributed by atoms with Crippen LogP contribution in [-0.4, -0.2) is 36.5 Å². The number of carbonyl (C=O) groups excluding carboxylic acids is 1. The number of carbonyl (C=O) groups is 1. The van der Waals surface area contributed by atoms with Gasteiger partial charge in [0.15, 0.2) is 0 Å². The quantitative estimate of drug-likeness (QED) is 0.915. The highest BCUT2D eigenvalue weighted by molar-refractivity contribution is 7.10. The zero-order chi connectivity index (χ0) is 15.8. The summed E-state index contributed by atoms with van der Waals surface area (Å²) in [5.74, 6) is 2.00. The summed E-state index contributed by atoms with van der Waals surface area (Å²) in [6, 6.07) is 0.622. The fraction of sp³-hybridized carbons (Fsp3) is 0.737. The van der Waals surface area contributed by atoms with Gasteiger partial charge in [-0.1, -0.05) is 6.92 Å². The first-order valence-corrected chi connectivity index (χ1v) is 10.2. The molecule has 2 fully saturated rings. The SMILES string of the molecule is CC1CCc2c(C(=O)N3CCC(NCC4CC4)CC3)csc2C1. The Morgan fingerprint density at radius 2 is 2.04 bits per heavy atom. The van der Waals surface area contributed by atoms with E-state index in [2.05, 4.69) is 22.5 Å². The fourth-order valence-corrected chi connectivity index (χ4v) is 5.21. The number of rotatable bonds is 4. The van der Waals surface area contributed by atoms with Crippen LogP contribution < -0.4 is 5.32 Å². The van der Waals surface area contributed by atoms with Crippen LogP contribution in [0.2, 0.25) is 0 Å². The van der Waals surface area contributed by atoms with Crippen LogP contribution in [0.1, 0.15) is 59.8 Å². The smallest absolute Gasteiger partial charge is 0.254 e. The summed E-state index contributed by atoms with van der Waals surface area (Å²) in [6.07, 6.45) is 8.54. The molecule has 3 aliphatic rings. The van der Waals surface area contributed by atoms with E-state index in [1.54, 1.807) is 0 Å². The third-order valence-electron chi connectivity index (χ3n) is 5.81. The molecule has 1 atom stereocenters. The maximum atomic E-state index is 12.9. The summed E-state index contributed by atoms with van der Waals surface area (Å²) < 4.78 is 0. The van der Waals surface area contributed by atoms with Crippen molar-refractivity contribution < 1.29 is 4.79 Å². The van der Waals surface area contributed by atoms with Crippen molar-refractivity contribution in [3.05, 3.63) is 21.4 Å². The standard InChI is InChI=1S/C19H28N2OS/c1-13-2-5-16-17(12-23-18(16)10-13)19(22)21-8-6-15(7-9-21)20-11-14-3-4-14/h12-15,20H,2-11H2,1H3. The Bertz CT molecular complexity index is 570. The molecule has 2 heterocycles. The summed E-state index contributed by atoms with van der Waals surface area (Å²) in [4.78, 5) is 16.5. The molecule has 1 saturated heterocycles. The topological polar surface area (TPSA) is 32.3 Å². The van der Waals surface area contributed by atoms with Crippen LogP contribution in [-0.2, 0) is 12.8 Å². The van der Waals surface area contributed by atoms with E-state index in [0.717, 1.165) is 49.8 Å². The van der Waals surface area contributed by atoms with Crippen molar-refractivity contribution in [3.63, 3.8) is 0 Å². The van der Waals surface area contributed by atoms with Gasteiger partial charge in [-0.15, -0.1) is 11.3 Å². The predicted molar refractivity (Wildman–Crippen MR) is 95.2 cm³/mol. The van der Waals surface area contributed by atoms with Crippen LogP contribution in [0.15, 0.2) is 5.38 Å². The van der Waals surface area contributed by atoms with Crippen molar-refractivity contribution in [2.75, 3.05) is 19.6 Å². The zero-order valence-electron chi connectivity index (χ0n) is 14.1. The Hall–Kier alpha value is -0.870. The van der Waals surface area contributed by atoms with Crippen LogP contribution >= 0.6 is 11.3 Å². The van der Waals surface area contributed by atoms with Gasteiger partial charge in [-0.2, -0.15) is 0 Å². The van der Waals surface area contributed by atoms with E-state index in [9.17, 15) is 4.79 Å². The molecular weight excluding hydrogens is 304 g/mol. The van der Waals surface area contributed by atoms with E-state index in [1.165, 1.54) is 42.7 Å². The molecule has 1 N–H and O–H groups in total. The van der Waals surface area contributed by atoms with Gasteiger partial charge in [0.2, 0.25) is 0 Å². The van der Waals surface area contributed by atoms with Gasteiger partial charge in [-0.3, -0.25) is 4.79 Å². The van der Waals surface area contributed by atoms with Crippen molar-refractivity contribution in [1.29, 1.82) is 0 Å². The highest BCUT2D eigenvalue weighted by Gasteiger charge is 2.29. The maximum absolute atomic E-state index is 12.9. The first-order chi connectivity index (χ1) is 11.2. The Balaban J connectivity index is 1.35. The van der Waals surface area contributed by atoms with Gasteiger partial charge in [-0.25, -0.2) is 0 Å². The van der Waals surface area contributed by atoms with Crippen LogP contribution in [0.3, 0.4) is 0 Å². The first kappa shape index (κ1) is 15.6. The van der Waals surface area contributed by atoms with Crippen molar-refractivity contribution in [2.24, 2.45) is 11.8 Å². The van der Waals surface area contributed by atoms with Crippen molar-refractivity contribution in [3.8, 4) is 0 Å². The van der Waals surface area contributed by atoms with Crippen molar-refractivity contribution in [1.82, 2.24) is 10.2 Å². The molecule has 4 heteroatoms. The lowest BCUT2D eigenvalue weighted by Gasteiger charge is -2.33. The van der Waals surface area contributed by atoms with Gasteiger partial charge < -0.3 is 10.2 Å². The average Bonchev–Trinajstić information content (AvgIpc) is 3.31.